The van der Waals surface area contributed by atoms with Gasteiger partial charge in [0, 0.05) is 19.6 Å². The largest absolute Gasteiger partial charge is 0.389 e. The molecule has 2 heteroatoms. The number of piperidine rings is 1. The minimum absolute atomic E-state index is 0.381. The van der Waals surface area contributed by atoms with Gasteiger partial charge in [0.05, 0.1) is 5.60 Å². The van der Waals surface area contributed by atoms with Crippen LogP contribution in [-0.2, 0) is 6.54 Å². The highest BCUT2D eigenvalue weighted by atomic mass is 16.3. The van der Waals surface area contributed by atoms with Gasteiger partial charge in [0.1, 0.15) is 0 Å². The molecule has 1 aromatic rings. The Hall–Kier alpha value is -1.12. The number of likely N-dealkylation sites (tertiary alicyclic amines) is 1. The molecular formula is C18H25NO. The predicted octanol–water partition coefficient (Wildman–Crippen LogP) is 3.31. The van der Waals surface area contributed by atoms with Crippen molar-refractivity contribution in [2.24, 2.45) is 11.8 Å². The maximum atomic E-state index is 10.8. The second-order valence-corrected chi connectivity index (χ2v) is 6.60. The van der Waals surface area contributed by atoms with Gasteiger partial charge >= 0.3 is 0 Å². The maximum Gasteiger partial charge on any atom is 0.0725 e. The summed E-state index contributed by atoms with van der Waals surface area (Å²) in [6, 6.07) is 8.57. The van der Waals surface area contributed by atoms with Crippen LogP contribution in [0.1, 0.15) is 37.3 Å². The summed E-state index contributed by atoms with van der Waals surface area (Å²) in [5.74, 6) is 0.954. The molecule has 0 radical (unpaired) electrons. The number of benzene rings is 1. The van der Waals surface area contributed by atoms with Crippen molar-refractivity contribution in [2.75, 3.05) is 13.1 Å². The monoisotopic (exact) mass is 271 g/mol. The lowest BCUT2D eigenvalue weighted by atomic mass is 9.78. The van der Waals surface area contributed by atoms with Crippen LogP contribution in [0.25, 0.3) is 6.08 Å². The zero-order valence-electron chi connectivity index (χ0n) is 12.4. The van der Waals surface area contributed by atoms with E-state index in [-0.39, 0.29) is 5.60 Å². The van der Waals surface area contributed by atoms with E-state index in [4.69, 9.17) is 0 Å². The molecule has 1 heterocycles. The van der Waals surface area contributed by atoms with Crippen molar-refractivity contribution in [3.05, 3.63) is 42.0 Å². The van der Waals surface area contributed by atoms with Crippen LogP contribution in [0.5, 0.6) is 0 Å². The van der Waals surface area contributed by atoms with E-state index in [1.165, 1.54) is 24.0 Å². The van der Waals surface area contributed by atoms with E-state index in [0.717, 1.165) is 26.1 Å². The summed E-state index contributed by atoms with van der Waals surface area (Å²) in [4.78, 5) is 2.48. The summed E-state index contributed by atoms with van der Waals surface area (Å²) in [6.45, 7) is 9.04. The molecule has 0 spiro atoms. The standard InChI is InChI=1S/C18H25NO/c1-3-15-5-4-6-16(11-15)13-19-10-9-18(20,14(2)12-19)17-7-8-17/h3-6,11,14,17,20H,1,7-10,12-13H2,2H3/t14-,18+/m1/s1. The quantitative estimate of drug-likeness (QED) is 0.908. The number of hydrogen-bond donors (Lipinski definition) is 1. The normalized spacial score (nSPS) is 31.2. The predicted molar refractivity (Wildman–Crippen MR) is 83.3 cm³/mol. The van der Waals surface area contributed by atoms with Gasteiger partial charge in [0.25, 0.3) is 0 Å². The van der Waals surface area contributed by atoms with Crippen LogP contribution < -0.4 is 0 Å². The van der Waals surface area contributed by atoms with Crippen LogP contribution in [0.2, 0.25) is 0 Å². The summed E-state index contributed by atoms with van der Waals surface area (Å²) in [7, 11) is 0. The molecule has 0 bridgehead atoms. The minimum atomic E-state index is -0.389. The SMILES string of the molecule is C=Cc1cccc(CN2CC[C@@](O)(C3CC3)[C@H](C)C2)c1. The fourth-order valence-corrected chi connectivity index (χ4v) is 3.63. The van der Waals surface area contributed by atoms with E-state index in [1.54, 1.807) is 0 Å². The van der Waals surface area contributed by atoms with E-state index >= 15 is 0 Å². The second-order valence-electron chi connectivity index (χ2n) is 6.60. The minimum Gasteiger partial charge on any atom is -0.389 e. The van der Waals surface area contributed by atoms with Crippen LogP contribution in [-0.4, -0.2) is 28.7 Å². The third-order valence-corrected chi connectivity index (χ3v) is 5.09. The molecule has 1 aliphatic carbocycles. The number of hydrogen-bond acceptors (Lipinski definition) is 2. The van der Waals surface area contributed by atoms with E-state index in [2.05, 4.69) is 42.7 Å². The van der Waals surface area contributed by atoms with Gasteiger partial charge in [-0.15, -0.1) is 0 Å². The topological polar surface area (TPSA) is 23.5 Å². The summed E-state index contributed by atoms with van der Waals surface area (Å²) >= 11 is 0. The lowest BCUT2D eigenvalue weighted by Gasteiger charge is -2.43. The average molecular weight is 271 g/mol. The van der Waals surface area contributed by atoms with Gasteiger partial charge in [-0.05, 0) is 42.2 Å². The van der Waals surface area contributed by atoms with E-state index in [1.807, 2.05) is 6.08 Å². The first-order chi connectivity index (χ1) is 9.61. The van der Waals surface area contributed by atoms with Crippen LogP contribution in [0, 0.1) is 11.8 Å². The van der Waals surface area contributed by atoms with E-state index < -0.39 is 0 Å². The summed E-state index contributed by atoms with van der Waals surface area (Å²) < 4.78 is 0. The molecule has 1 aromatic carbocycles. The fourth-order valence-electron chi connectivity index (χ4n) is 3.63. The van der Waals surface area contributed by atoms with Crippen LogP contribution in [0.4, 0.5) is 0 Å². The zero-order chi connectivity index (χ0) is 14.2. The molecule has 0 unspecified atom stereocenters. The molecule has 108 valence electrons. The smallest absolute Gasteiger partial charge is 0.0725 e. The molecule has 2 aliphatic rings. The van der Waals surface area contributed by atoms with Crippen molar-refractivity contribution in [1.29, 1.82) is 0 Å². The van der Waals surface area contributed by atoms with Gasteiger partial charge in [-0.25, -0.2) is 0 Å². The molecule has 0 aromatic heterocycles. The van der Waals surface area contributed by atoms with Gasteiger partial charge in [-0.1, -0.05) is 43.8 Å². The number of rotatable bonds is 4. The third kappa shape index (κ3) is 2.68. The van der Waals surface area contributed by atoms with Crippen LogP contribution >= 0.6 is 0 Å². The molecular weight excluding hydrogens is 246 g/mol. The molecule has 2 atom stereocenters. The highest BCUT2D eigenvalue weighted by Gasteiger charge is 2.49. The number of aliphatic hydroxyl groups is 1. The van der Waals surface area contributed by atoms with E-state index in [0.29, 0.717) is 11.8 Å². The lowest BCUT2D eigenvalue weighted by molar-refractivity contribution is -0.0832. The van der Waals surface area contributed by atoms with Crippen molar-refractivity contribution in [2.45, 2.75) is 38.3 Å². The summed E-state index contributed by atoms with van der Waals surface area (Å²) in [6.07, 6.45) is 5.28. The molecule has 3 rings (SSSR count). The van der Waals surface area contributed by atoms with Crippen LogP contribution in [0.3, 0.4) is 0 Å². The highest BCUT2D eigenvalue weighted by Crippen LogP contribution is 2.47. The van der Waals surface area contributed by atoms with Gasteiger partial charge in [0.2, 0.25) is 0 Å². The Morgan fingerprint density at radius 2 is 2.25 bits per heavy atom. The Morgan fingerprint density at radius 1 is 1.45 bits per heavy atom. The third-order valence-electron chi connectivity index (χ3n) is 5.09. The molecule has 1 N–H and O–H groups in total. The lowest BCUT2D eigenvalue weighted by Crippen LogP contribution is -2.51. The Labute approximate surface area is 122 Å². The molecule has 2 nitrogen and oxygen atoms in total. The average Bonchev–Trinajstić information content (AvgIpc) is 3.28. The van der Waals surface area contributed by atoms with Crippen LogP contribution in [0.15, 0.2) is 30.8 Å². The Bertz CT molecular complexity index is 494. The van der Waals surface area contributed by atoms with Gasteiger partial charge in [-0.2, -0.15) is 0 Å². The second kappa shape index (κ2) is 5.34. The Morgan fingerprint density at radius 3 is 2.90 bits per heavy atom. The van der Waals surface area contributed by atoms with Crippen molar-refractivity contribution < 1.29 is 5.11 Å². The first kappa shape index (κ1) is 13.8. The van der Waals surface area contributed by atoms with Gasteiger partial charge < -0.3 is 5.11 Å². The first-order valence-electron chi connectivity index (χ1n) is 7.78. The van der Waals surface area contributed by atoms with E-state index in [9.17, 15) is 5.11 Å². The first-order valence-corrected chi connectivity index (χ1v) is 7.78. The van der Waals surface area contributed by atoms with Gasteiger partial charge in [-0.3, -0.25) is 4.90 Å². The Kier molecular flexibility index (Phi) is 3.70. The number of nitrogens with zero attached hydrogens (tertiary/aromatic N) is 1. The zero-order valence-corrected chi connectivity index (χ0v) is 12.4. The molecule has 2 fully saturated rings. The highest BCUT2D eigenvalue weighted by molar-refractivity contribution is 5.47. The van der Waals surface area contributed by atoms with Crippen molar-refractivity contribution in [3.63, 3.8) is 0 Å². The van der Waals surface area contributed by atoms with Crippen molar-refractivity contribution in [1.82, 2.24) is 4.90 Å². The molecule has 0 amide bonds. The Balaban J connectivity index is 1.63. The molecule has 1 saturated carbocycles. The summed E-state index contributed by atoms with van der Waals surface area (Å²) in [5, 5.41) is 10.8. The van der Waals surface area contributed by atoms with Crippen molar-refractivity contribution >= 4 is 6.08 Å². The molecule has 1 aliphatic heterocycles. The summed E-state index contributed by atoms with van der Waals surface area (Å²) in [5.41, 5.74) is 2.13. The molecule has 20 heavy (non-hydrogen) atoms. The molecule has 1 saturated heterocycles. The maximum absolute atomic E-state index is 10.8. The van der Waals surface area contributed by atoms with Crippen molar-refractivity contribution in [3.8, 4) is 0 Å². The fraction of sp³-hybridized carbons (Fsp3) is 0.556. The van der Waals surface area contributed by atoms with Gasteiger partial charge in [0.15, 0.2) is 0 Å².